The van der Waals surface area contributed by atoms with Gasteiger partial charge in [0.1, 0.15) is 28.6 Å². The van der Waals surface area contributed by atoms with E-state index in [1.165, 1.54) is 51.9 Å². The minimum absolute atomic E-state index is 0.116. The molecule has 1 amide bonds. The molecule has 1 atom stereocenters. The van der Waals surface area contributed by atoms with Gasteiger partial charge in [-0.1, -0.05) is 13.0 Å². The van der Waals surface area contributed by atoms with Crippen molar-refractivity contribution in [2.24, 2.45) is 5.92 Å². The van der Waals surface area contributed by atoms with E-state index in [0.717, 1.165) is 12.8 Å². The average Bonchev–Trinajstić information content (AvgIpc) is 3.24. The summed E-state index contributed by atoms with van der Waals surface area (Å²) in [5.41, 5.74) is 0.435. The summed E-state index contributed by atoms with van der Waals surface area (Å²) in [7, 11) is -3.59. The van der Waals surface area contributed by atoms with E-state index in [1.54, 1.807) is 12.1 Å². The van der Waals surface area contributed by atoms with Crippen molar-refractivity contribution in [3.8, 4) is 5.82 Å². The van der Waals surface area contributed by atoms with Gasteiger partial charge >= 0.3 is 0 Å². The Hall–Kier alpha value is -3.11. The quantitative estimate of drug-likeness (QED) is 0.654. The average molecular weight is 444 g/mol. The van der Waals surface area contributed by atoms with Gasteiger partial charge in [0.25, 0.3) is 5.91 Å². The summed E-state index contributed by atoms with van der Waals surface area (Å²) in [5, 5.41) is 2.57. The van der Waals surface area contributed by atoms with Crippen molar-refractivity contribution in [1.29, 1.82) is 0 Å². The van der Waals surface area contributed by atoms with E-state index in [-0.39, 0.29) is 10.6 Å². The lowest BCUT2D eigenvalue weighted by atomic mass is 10.0. The second kappa shape index (κ2) is 8.56. The maximum Gasteiger partial charge on any atom is 0.275 e. The number of halogens is 1. The molecule has 1 aliphatic heterocycles. The number of rotatable bonds is 5. The minimum atomic E-state index is -3.59. The largest absolute Gasteiger partial charge is 0.321 e. The summed E-state index contributed by atoms with van der Waals surface area (Å²) in [5.74, 6) is -0.203. The van der Waals surface area contributed by atoms with E-state index >= 15 is 0 Å². The summed E-state index contributed by atoms with van der Waals surface area (Å²) in [6, 6.07) is 8.62. The van der Waals surface area contributed by atoms with Crippen LogP contribution in [0.2, 0.25) is 0 Å². The number of hydrogen-bond acceptors (Lipinski definition) is 5. The number of pyridine rings is 1. The second-order valence-corrected chi connectivity index (χ2v) is 9.53. The van der Waals surface area contributed by atoms with Crippen LogP contribution in [0.15, 0.2) is 60.0 Å². The maximum absolute atomic E-state index is 13.3. The molecule has 0 radical (unpaired) electrons. The summed E-state index contributed by atoms with van der Waals surface area (Å²) in [4.78, 5) is 20.8. The first-order valence-corrected chi connectivity index (χ1v) is 11.3. The van der Waals surface area contributed by atoms with E-state index in [4.69, 9.17) is 0 Å². The second-order valence-electron chi connectivity index (χ2n) is 7.59. The van der Waals surface area contributed by atoms with Crippen molar-refractivity contribution in [3.05, 3.63) is 66.6 Å². The van der Waals surface area contributed by atoms with Gasteiger partial charge in [0.15, 0.2) is 0 Å². The summed E-state index contributed by atoms with van der Waals surface area (Å²) in [6.07, 6.45) is 6.07. The van der Waals surface area contributed by atoms with Crippen LogP contribution >= 0.6 is 0 Å². The highest BCUT2D eigenvalue weighted by Gasteiger charge is 2.28. The van der Waals surface area contributed by atoms with Crippen LogP contribution in [0.3, 0.4) is 0 Å². The Morgan fingerprint density at radius 1 is 1.23 bits per heavy atom. The molecule has 2 aromatic heterocycles. The van der Waals surface area contributed by atoms with Crippen LogP contribution in [-0.2, 0) is 10.0 Å². The lowest BCUT2D eigenvalue weighted by Crippen LogP contribution is -2.39. The molecular formula is C21H22FN5O3S. The lowest BCUT2D eigenvalue weighted by molar-refractivity contribution is 0.102. The number of sulfonamides is 1. The molecular weight excluding hydrogens is 421 g/mol. The number of piperidine rings is 1. The molecule has 3 heterocycles. The number of carbonyl (C=O) groups is 1. The standard InChI is InChI=1S/C21H22FN5O3S/c1-15-4-3-9-27(12-15)31(29,30)18-7-8-20(23-11-18)26-13-19(24-14-26)21(28)25-17-6-2-5-16(22)10-17/h2,5-8,10-11,13-15H,3-4,9,12H2,1H3,(H,25,28). The molecule has 1 fully saturated rings. The van der Waals surface area contributed by atoms with Crippen LogP contribution < -0.4 is 5.32 Å². The Kier molecular flexibility index (Phi) is 5.84. The number of imidazole rings is 1. The number of benzene rings is 1. The Morgan fingerprint density at radius 2 is 2.06 bits per heavy atom. The normalized spacial score (nSPS) is 17.4. The Morgan fingerprint density at radius 3 is 2.77 bits per heavy atom. The van der Waals surface area contributed by atoms with Gasteiger partial charge in [-0.3, -0.25) is 9.36 Å². The van der Waals surface area contributed by atoms with Crippen molar-refractivity contribution in [2.75, 3.05) is 18.4 Å². The zero-order valence-electron chi connectivity index (χ0n) is 16.9. The summed E-state index contributed by atoms with van der Waals surface area (Å²) >= 11 is 0. The first-order chi connectivity index (χ1) is 14.8. The molecule has 10 heteroatoms. The third-order valence-corrected chi connectivity index (χ3v) is 6.99. The molecule has 4 rings (SSSR count). The van der Waals surface area contributed by atoms with Crippen LogP contribution in [0.4, 0.5) is 10.1 Å². The van der Waals surface area contributed by atoms with E-state index in [9.17, 15) is 17.6 Å². The van der Waals surface area contributed by atoms with Crippen molar-refractivity contribution < 1.29 is 17.6 Å². The first-order valence-electron chi connectivity index (χ1n) is 9.90. The zero-order chi connectivity index (χ0) is 22.0. The monoisotopic (exact) mass is 443 g/mol. The van der Waals surface area contributed by atoms with E-state index in [0.29, 0.717) is 30.5 Å². The lowest BCUT2D eigenvalue weighted by Gasteiger charge is -2.29. The topological polar surface area (TPSA) is 97.2 Å². The predicted octanol–water partition coefficient (Wildman–Crippen LogP) is 3.08. The minimum Gasteiger partial charge on any atom is -0.321 e. The SMILES string of the molecule is CC1CCCN(S(=O)(=O)c2ccc(-n3cnc(C(=O)Nc4cccc(F)c4)c3)nc2)C1. The fourth-order valence-electron chi connectivity index (χ4n) is 3.52. The molecule has 0 bridgehead atoms. The van der Waals surface area contributed by atoms with Gasteiger partial charge in [-0.25, -0.2) is 22.8 Å². The number of nitrogens with zero attached hydrogens (tertiary/aromatic N) is 4. The number of nitrogens with one attached hydrogen (secondary N) is 1. The number of anilines is 1. The highest BCUT2D eigenvalue weighted by Crippen LogP contribution is 2.23. The maximum atomic E-state index is 13.3. The predicted molar refractivity (Wildman–Crippen MR) is 113 cm³/mol. The number of amides is 1. The first kappa shape index (κ1) is 21.1. The van der Waals surface area contributed by atoms with Crippen molar-refractivity contribution in [1.82, 2.24) is 18.8 Å². The smallest absolute Gasteiger partial charge is 0.275 e. The molecule has 1 aliphatic rings. The van der Waals surface area contributed by atoms with Gasteiger partial charge in [0, 0.05) is 31.2 Å². The third kappa shape index (κ3) is 4.64. The van der Waals surface area contributed by atoms with Crippen LogP contribution in [0.25, 0.3) is 5.82 Å². The molecule has 3 aromatic rings. The number of carbonyl (C=O) groups excluding carboxylic acids is 1. The molecule has 8 nitrogen and oxygen atoms in total. The Balaban J connectivity index is 1.48. The Bertz CT molecular complexity index is 1190. The molecule has 1 aromatic carbocycles. The van der Waals surface area contributed by atoms with E-state index < -0.39 is 21.7 Å². The highest BCUT2D eigenvalue weighted by molar-refractivity contribution is 7.89. The van der Waals surface area contributed by atoms with Gasteiger partial charge < -0.3 is 5.32 Å². The van der Waals surface area contributed by atoms with Crippen molar-refractivity contribution >= 4 is 21.6 Å². The fourth-order valence-corrected chi connectivity index (χ4v) is 5.06. The molecule has 162 valence electrons. The summed E-state index contributed by atoms with van der Waals surface area (Å²) in [6.45, 7) is 3.07. The van der Waals surface area contributed by atoms with Crippen molar-refractivity contribution in [2.45, 2.75) is 24.7 Å². The molecule has 0 saturated carbocycles. The fraction of sp³-hybridized carbons (Fsp3) is 0.286. The van der Waals surface area contributed by atoms with E-state index in [1.807, 2.05) is 6.92 Å². The Labute approximate surface area is 179 Å². The molecule has 1 N–H and O–H groups in total. The van der Waals surface area contributed by atoms with Gasteiger partial charge in [-0.05, 0) is 49.1 Å². The third-order valence-electron chi connectivity index (χ3n) is 5.14. The number of hydrogen-bond donors (Lipinski definition) is 1. The molecule has 1 unspecified atom stereocenters. The molecule has 31 heavy (non-hydrogen) atoms. The van der Waals surface area contributed by atoms with Gasteiger partial charge in [0.05, 0.1) is 0 Å². The number of aromatic nitrogens is 3. The van der Waals surface area contributed by atoms with Crippen molar-refractivity contribution in [3.63, 3.8) is 0 Å². The highest BCUT2D eigenvalue weighted by atomic mass is 32.2. The molecule has 0 spiro atoms. The zero-order valence-corrected chi connectivity index (χ0v) is 17.7. The van der Waals surface area contributed by atoms with Gasteiger partial charge in [0.2, 0.25) is 10.0 Å². The van der Waals surface area contributed by atoms with Gasteiger partial charge in [-0.2, -0.15) is 4.31 Å². The van der Waals surface area contributed by atoms with Crippen LogP contribution in [-0.4, -0.2) is 46.3 Å². The van der Waals surface area contributed by atoms with Crippen LogP contribution in [0.1, 0.15) is 30.3 Å². The van der Waals surface area contributed by atoms with E-state index in [2.05, 4.69) is 15.3 Å². The summed E-state index contributed by atoms with van der Waals surface area (Å²) < 4.78 is 42.0. The van der Waals surface area contributed by atoms with Crippen LogP contribution in [0.5, 0.6) is 0 Å². The molecule has 1 saturated heterocycles. The van der Waals surface area contributed by atoms with Crippen LogP contribution in [0, 0.1) is 11.7 Å². The van der Waals surface area contributed by atoms with Gasteiger partial charge in [-0.15, -0.1) is 0 Å². The molecule has 0 aliphatic carbocycles.